The van der Waals surface area contributed by atoms with Gasteiger partial charge in [-0.05, 0) is 18.2 Å². The molecule has 1 N–H and O–H groups in total. The number of halogens is 4. The van der Waals surface area contributed by atoms with Gasteiger partial charge >= 0.3 is 0 Å². The minimum Gasteiger partial charge on any atom is -0.507 e. The average Bonchev–Trinajstić information content (AvgIpc) is 2.40. The van der Waals surface area contributed by atoms with E-state index in [-0.39, 0.29) is 25.8 Å². The van der Waals surface area contributed by atoms with Gasteiger partial charge < -0.3 is 5.11 Å². The summed E-state index contributed by atoms with van der Waals surface area (Å²) in [7, 11) is 0. The Hall–Kier alpha value is -0.930. The highest BCUT2D eigenvalue weighted by molar-refractivity contribution is 6.52. The summed E-state index contributed by atoms with van der Waals surface area (Å²) in [6.07, 6.45) is 1.47. The van der Waals surface area contributed by atoms with Crippen LogP contribution in [-0.4, -0.2) is 11.3 Å². The highest BCUT2D eigenvalue weighted by Crippen LogP contribution is 2.41. The first-order valence-electron chi connectivity index (χ1n) is 5.15. The van der Waals surface area contributed by atoms with Crippen molar-refractivity contribution < 1.29 is 5.11 Å². The largest absolute Gasteiger partial charge is 0.507 e. The van der Waals surface area contributed by atoms with Crippen LogP contribution in [0.25, 0.3) is 0 Å². The zero-order valence-corrected chi connectivity index (χ0v) is 12.4. The van der Waals surface area contributed by atoms with E-state index in [0.29, 0.717) is 11.3 Å². The molecule has 0 saturated heterocycles. The number of phenols is 1. The average molecular weight is 335 g/mol. The molecule has 0 aliphatic carbocycles. The Morgan fingerprint density at radius 1 is 0.947 bits per heavy atom. The van der Waals surface area contributed by atoms with E-state index in [1.54, 1.807) is 24.3 Å². The maximum Gasteiger partial charge on any atom is 0.124 e. The lowest BCUT2D eigenvalue weighted by molar-refractivity contribution is 0.474. The Morgan fingerprint density at radius 2 is 1.63 bits per heavy atom. The number of phenolic OH excluding ortho intramolecular Hbond substituents is 1. The van der Waals surface area contributed by atoms with Crippen molar-refractivity contribution in [1.82, 2.24) is 0 Å². The van der Waals surface area contributed by atoms with Gasteiger partial charge in [0.1, 0.15) is 5.75 Å². The van der Waals surface area contributed by atoms with Crippen molar-refractivity contribution in [2.75, 3.05) is 0 Å². The van der Waals surface area contributed by atoms with Crippen molar-refractivity contribution in [1.29, 1.82) is 0 Å². The molecule has 2 rings (SSSR count). The van der Waals surface area contributed by atoms with Crippen LogP contribution in [0.4, 0.5) is 5.69 Å². The zero-order valence-electron chi connectivity index (χ0n) is 9.37. The molecule has 0 radical (unpaired) electrons. The zero-order chi connectivity index (χ0) is 14.0. The van der Waals surface area contributed by atoms with Gasteiger partial charge in [-0.3, -0.25) is 4.99 Å². The predicted molar refractivity (Wildman–Crippen MR) is 81.8 cm³/mol. The van der Waals surface area contributed by atoms with Crippen LogP contribution in [0.2, 0.25) is 20.1 Å². The first-order chi connectivity index (χ1) is 9.00. The molecule has 19 heavy (non-hydrogen) atoms. The molecule has 0 aliphatic rings. The molecule has 0 spiro atoms. The number of aromatic hydroxyl groups is 1. The van der Waals surface area contributed by atoms with Crippen LogP contribution in [-0.2, 0) is 0 Å². The Balaban J connectivity index is 2.42. The molecule has 2 aromatic rings. The highest BCUT2D eigenvalue weighted by atomic mass is 35.5. The lowest BCUT2D eigenvalue weighted by atomic mass is 10.2. The standard InChI is InChI=1S/C13H7Cl4NO/c14-8-5-9(12(16)13(17)11(8)15)18-6-7-3-1-2-4-10(7)19/h1-6,19H. The van der Waals surface area contributed by atoms with E-state index in [1.807, 2.05) is 0 Å². The summed E-state index contributed by atoms with van der Waals surface area (Å²) in [5.74, 6) is 0.119. The molecule has 6 heteroatoms. The number of aliphatic imine (C=N–C) groups is 1. The van der Waals surface area contributed by atoms with E-state index in [4.69, 9.17) is 46.4 Å². The van der Waals surface area contributed by atoms with Crippen LogP contribution >= 0.6 is 46.4 Å². The van der Waals surface area contributed by atoms with Gasteiger partial charge in [0.2, 0.25) is 0 Å². The van der Waals surface area contributed by atoms with Crippen LogP contribution in [0.15, 0.2) is 35.3 Å². The number of para-hydroxylation sites is 1. The van der Waals surface area contributed by atoms with Crippen LogP contribution in [0.3, 0.4) is 0 Å². The summed E-state index contributed by atoms with van der Waals surface area (Å²) in [6, 6.07) is 8.28. The lowest BCUT2D eigenvalue weighted by Crippen LogP contribution is -1.82. The first-order valence-corrected chi connectivity index (χ1v) is 6.67. The molecular weight excluding hydrogens is 328 g/mol. The quantitative estimate of drug-likeness (QED) is 0.423. The number of rotatable bonds is 2. The van der Waals surface area contributed by atoms with Gasteiger partial charge in [0.25, 0.3) is 0 Å². The molecule has 0 heterocycles. The van der Waals surface area contributed by atoms with Gasteiger partial charge in [0.15, 0.2) is 0 Å². The molecule has 98 valence electrons. The fraction of sp³-hybridized carbons (Fsp3) is 0. The van der Waals surface area contributed by atoms with Gasteiger partial charge in [0, 0.05) is 11.8 Å². The first kappa shape index (κ1) is 14.5. The van der Waals surface area contributed by atoms with E-state index in [0.717, 1.165) is 0 Å². The molecule has 0 aromatic heterocycles. The van der Waals surface area contributed by atoms with Crippen LogP contribution in [0.5, 0.6) is 5.75 Å². The van der Waals surface area contributed by atoms with Gasteiger partial charge in [-0.2, -0.15) is 0 Å². The minimum absolute atomic E-state index is 0.119. The fourth-order valence-electron chi connectivity index (χ4n) is 1.39. The summed E-state index contributed by atoms with van der Waals surface area (Å²) < 4.78 is 0. The van der Waals surface area contributed by atoms with Crippen molar-refractivity contribution >= 4 is 58.3 Å². The number of hydrogen-bond acceptors (Lipinski definition) is 2. The second-order valence-electron chi connectivity index (χ2n) is 3.64. The minimum atomic E-state index is 0.119. The van der Waals surface area contributed by atoms with E-state index >= 15 is 0 Å². The third kappa shape index (κ3) is 3.15. The molecule has 2 nitrogen and oxygen atoms in total. The summed E-state index contributed by atoms with van der Waals surface area (Å²) in [4.78, 5) is 4.16. The molecular formula is C13H7Cl4NO. The molecule has 0 bridgehead atoms. The van der Waals surface area contributed by atoms with E-state index < -0.39 is 0 Å². The topological polar surface area (TPSA) is 32.6 Å². The van der Waals surface area contributed by atoms with E-state index in [2.05, 4.69) is 4.99 Å². The SMILES string of the molecule is Oc1ccccc1C=Nc1cc(Cl)c(Cl)c(Cl)c1Cl. The summed E-state index contributed by atoms with van der Waals surface area (Å²) in [5.41, 5.74) is 0.935. The normalized spacial score (nSPS) is 11.2. The maximum absolute atomic E-state index is 9.61. The molecule has 0 saturated carbocycles. The molecule has 2 aromatic carbocycles. The lowest BCUT2D eigenvalue weighted by Gasteiger charge is -2.05. The van der Waals surface area contributed by atoms with Gasteiger partial charge in [-0.25, -0.2) is 0 Å². The highest BCUT2D eigenvalue weighted by Gasteiger charge is 2.12. The van der Waals surface area contributed by atoms with Crippen LogP contribution in [0, 0.1) is 0 Å². The Morgan fingerprint density at radius 3 is 2.32 bits per heavy atom. The van der Waals surface area contributed by atoms with Crippen LogP contribution < -0.4 is 0 Å². The molecule has 0 amide bonds. The number of hydrogen-bond donors (Lipinski definition) is 1. The molecule has 0 unspecified atom stereocenters. The third-order valence-corrected chi connectivity index (χ3v) is 4.10. The Labute approximate surface area is 130 Å². The monoisotopic (exact) mass is 333 g/mol. The van der Waals surface area contributed by atoms with Crippen molar-refractivity contribution in [3.8, 4) is 5.75 Å². The second-order valence-corrected chi connectivity index (χ2v) is 5.18. The molecule has 0 atom stereocenters. The smallest absolute Gasteiger partial charge is 0.124 e. The van der Waals surface area contributed by atoms with Gasteiger partial charge in [0.05, 0.1) is 25.8 Å². The Bertz CT molecular complexity index is 655. The summed E-state index contributed by atoms with van der Waals surface area (Å²) in [5, 5.41) is 10.4. The van der Waals surface area contributed by atoms with E-state index in [1.165, 1.54) is 12.3 Å². The summed E-state index contributed by atoms with van der Waals surface area (Å²) in [6.45, 7) is 0. The van der Waals surface area contributed by atoms with Crippen molar-refractivity contribution in [3.63, 3.8) is 0 Å². The molecule has 0 aliphatic heterocycles. The summed E-state index contributed by atoms with van der Waals surface area (Å²) >= 11 is 23.7. The van der Waals surface area contributed by atoms with Crippen molar-refractivity contribution in [2.24, 2.45) is 4.99 Å². The van der Waals surface area contributed by atoms with Crippen molar-refractivity contribution in [3.05, 3.63) is 56.0 Å². The second kappa shape index (κ2) is 6.02. The number of benzene rings is 2. The predicted octanol–water partition coefficient (Wildman–Crippen LogP) is 5.76. The fourth-order valence-corrected chi connectivity index (χ4v) is 2.23. The Kier molecular flexibility index (Phi) is 4.58. The van der Waals surface area contributed by atoms with Crippen LogP contribution in [0.1, 0.15) is 5.56 Å². The van der Waals surface area contributed by atoms with Crippen molar-refractivity contribution in [2.45, 2.75) is 0 Å². The van der Waals surface area contributed by atoms with Gasteiger partial charge in [-0.1, -0.05) is 58.5 Å². The van der Waals surface area contributed by atoms with E-state index in [9.17, 15) is 5.11 Å². The third-order valence-electron chi connectivity index (χ3n) is 2.36. The number of nitrogens with zero attached hydrogens (tertiary/aromatic N) is 1. The molecule has 0 fully saturated rings. The van der Waals surface area contributed by atoms with Gasteiger partial charge in [-0.15, -0.1) is 0 Å². The maximum atomic E-state index is 9.61.